The molecular weight excluding hydrogens is 324 g/mol. The quantitative estimate of drug-likeness (QED) is 0.130. The van der Waals surface area contributed by atoms with Crippen LogP contribution in [0, 0.1) is 5.92 Å². The molecule has 0 heterocycles. The van der Waals surface area contributed by atoms with Crippen molar-refractivity contribution in [3.8, 4) is 0 Å². The van der Waals surface area contributed by atoms with Gasteiger partial charge in [0.1, 0.15) is 0 Å². The minimum absolute atomic E-state index is 0.966. The van der Waals surface area contributed by atoms with Crippen molar-refractivity contribution in [1.29, 1.82) is 0 Å². The Morgan fingerprint density at radius 2 is 0.889 bits per heavy atom. The first-order chi connectivity index (χ1) is 13.2. The summed E-state index contributed by atoms with van der Waals surface area (Å²) >= 11 is 0. The molecule has 0 aromatic carbocycles. The number of hydrogen-bond donors (Lipinski definition) is 0. The van der Waals surface area contributed by atoms with Gasteiger partial charge in [-0.25, -0.2) is 0 Å². The first-order valence-electron chi connectivity index (χ1n) is 12.9. The van der Waals surface area contributed by atoms with E-state index in [0.717, 1.165) is 5.92 Å². The third-order valence-electron chi connectivity index (χ3n) is 6.34. The summed E-state index contributed by atoms with van der Waals surface area (Å²) in [5.41, 5.74) is 1.46. The van der Waals surface area contributed by atoms with E-state index >= 15 is 0 Å². The minimum atomic E-state index is 0.966. The van der Waals surface area contributed by atoms with Gasteiger partial charge in [-0.1, -0.05) is 148 Å². The molecule has 0 bridgehead atoms. The summed E-state index contributed by atoms with van der Waals surface area (Å²) in [4.78, 5) is 0. The fourth-order valence-corrected chi connectivity index (χ4v) is 4.15. The molecule has 0 unspecified atom stereocenters. The molecule has 0 fully saturated rings. The highest BCUT2D eigenvalue weighted by Gasteiger charge is 2.09. The van der Waals surface area contributed by atoms with Crippen molar-refractivity contribution in [3.63, 3.8) is 0 Å². The van der Waals surface area contributed by atoms with E-state index < -0.39 is 0 Å². The Morgan fingerprint density at radius 3 is 1.26 bits per heavy atom. The van der Waals surface area contributed by atoms with Gasteiger partial charge in [0.05, 0.1) is 0 Å². The lowest BCUT2D eigenvalue weighted by molar-refractivity contribution is 0.379. The van der Waals surface area contributed by atoms with Crippen LogP contribution in [0.2, 0.25) is 0 Å². The van der Waals surface area contributed by atoms with Crippen molar-refractivity contribution < 1.29 is 0 Å². The average molecular weight is 379 g/mol. The second kappa shape index (κ2) is 22.0. The maximum Gasteiger partial charge on any atom is -0.0320 e. The van der Waals surface area contributed by atoms with E-state index in [4.69, 9.17) is 0 Å². The number of unbranched alkanes of at least 4 members (excludes halogenated alkanes) is 14. The van der Waals surface area contributed by atoms with Crippen molar-refractivity contribution in [2.45, 2.75) is 156 Å². The van der Waals surface area contributed by atoms with Gasteiger partial charge < -0.3 is 0 Å². The molecule has 0 aromatic heterocycles. The van der Waals surface area contributed by atoms with Crippen LogP contribution in [0.5, 0.6) is 0 Å². The molecule has 0 aliphatic heterocycles. The molecule has 0 aromatic rings. The summed E-state index contributed by atoms with van der Waals surface area (Å²) < 4.78 is 0. The van der Waals surface area contributed by atoms with E-state index in [9.17, 15) is 0 Å². The van der Waals surface area contributed by atoms with Crippen LogP contribution < -0.4 is 0 Å². The van der Waals surface area contributed by atoms with E-state index in [1.807, 2.05) is 0 Å². The van der Waals surface area contributed by atoms with Crippen LogP contribution in [0.25, 0.3) is 0 Å². The summed E-state index contributed by atoms with van der Waals surface area (Å²) in [6.07, 6.45) is 30.0. The smallest absolute Gasteiger partial charge is 0.0320 e. The first-order valence-corrected chi connectivity index (χ1v) is 12.9. The SMILES string of the molecule is C=C(CC)CCC(CCCCCCCCCC)CCCCCCCCCC. The normalized spacial score (nSPS) is 11.4. The van der Waals surface area contributed by atoms with E-state index in [2.05, 4.69) is 27.4 Å². The van der Waals surface area contributed by atoms with E-state index in [1.165, 1.54) is 140 Å². The molecule has 0 heteroatoms. The van der Waals surface area contributed by atoms with Crippen molar-refractivity contribution >= 4 is 0 Å². The van der Waals surface area contributed by atoms with E-state index in [1.54, 1.807) is 0 Å². The molecule has 0 saturated heterocycles. The van der Waals surface area contributed by atoms with Gasteiger partial charge in [-0.3, -0.25) is 0 Å². The molecule has 0 N–H and O–H groups in total. The average Bonchev–Trinajstić information content (AvgIpc) is 2.69. The molecule has 0 aliphatic rings. The van der Waals surface area contributed by atoms with E-state index in [0.29, 0.717) is 0 Å². The molecule has 0 amide bonds. The highest BCUT2D eigenvalue weighted by molar-refractivity contribution is 4.92. The second-order valence-electron chi connectivity index (χ2n) is 9.04. The van der Waals surface area contributed by atoms with Gasteiger partial charge in [0.25, 0.3) is 0 Å². The molecule has 0 spiro atoms. The molecule has 162 valence electrons. The Kier molecular flexibility index (Phi) is 21.8. The van der Waals surface area contributed by atoms with Gasteiger partial charge in [-0.15, -0.1) is 0 Å². The molecule has 0 aliphatic carbocycles. The fourth-order valence-electron chi connectivity index (χ4n) is 4.15. The Balaban J connectivity index is 3.78. The van der Waals surface area contributed by atoms with Gasteiger partial charge in [0.15, 0.2) is 0 Å². The monoisotopic (exact) mass is 378 g/mol. The molecule has 0 atom stereocenters. The van der Waals surface area contributed by atoms with Crippen LogP contribution in [0.3, 0.4) is 0 Å². The first kappa shape index (κ1) is 26.7. The van der Waals surface area contributed by atoms with Crippen molar-refractivity contribution in [2.75, 3.05) is 0 Å². The van der Waals surface area contributed by atoms with Crippen LogP contribution in [-0.2, 0) is 0 Å². The lowest BCUT2D eigenvalue weighted by Gasteiger charge is -2.17. The summed E-state index contributed by atoms with van der Waals surface area (Å²) in [5, 5.41) is 0. The maximum atomic E-state index is 4.24. The topological polar surface area (TPSA) is 0 Å². The second-order valence-corrected chi connectivity index (χ2v) is 9.04. The summed E-state index contributed by atoms with van der Waals surface area (Å²) in [6, 6.07) is 0. The summed E-state index contributed by atoms with van der Waals surface area (Å²) in [5.74, 6) is 0.966. The fraction of sp³-hybridized carbons (Fsp3) is 0.926. The summed E-state index contributed by atoms with van der Waals surface area (Å²) in [7, 11) is 0. The van der Waals surface area contributed by atoms with E-state index in [-0.39, 0.29) is 0 Å². The minimum Gasteiger partial charge on any atom is -0.0999 e. The largest absolute Gasteiger partial charge is 0.0999 e. The highest BCUT2D eigenvalue weighted by Crippen LogP contribution is 2.25. The number of allylic oxidation sites excluding steroid dienone is 1. The van der Waals surface area contributed by atoms with Crippen LogP contribution in [-0.4, -0.2) is 0 Å². The number of rotatable bonds is 22. The number of hydrogen-bond acceptors (Lipinski definition) is 0. The van der Waals surface area contributed by atoms with Gasteiger partial charge in [0, 0.05) is 0 Å². The molecule has 27 heavy (non-hydrogen) atoms. The summed E-state index contributed by atoms with van der Waals surface area (Å²) in [6.45, 7) is 11.1. The van der Waals surface area contributed by atoms with Crippen LogP contribution in [0.1, 0.15) is 156 Å². The zero-order valence-corrected chi connectivity index (χ0v) is 19.6. The Bertz CT molecular complexity index is 270. The molecule has 0 saturated carbocycles. The predicted molar refractivity (Wildman–Crippen MR) is 127 cm³/mol. The maximum absolute atomic E-state index is 4.24. The van der Waals surface area contributed by atoms with Crippen LogP contribution >= 0.6 is 0 Å². The van der Waals surface area contributed by atoms with Crippen molar-refractivity contribution in [3.05, 3.63) is 12.2 Å². The van der Waals surface area contributed by atoms with Crippen LogP contribution in [0.15, 0.2) is 12.2 Å². The Hall–Kier alpha value is -0.260. The van der Waals surface area contributed by atoms with Crippen molar-refractivity contribution in [2.24, 2.45) is 5.92 Å². The van der Waals surface area contributed by atoms with Gasteiger partial charge in [-0.05, 0) is 25.2 Å². The zero-order valence-electron chi connectivity index (χ0n) is 19.6. The molecular formula is C27H54. The van der Waals surface area contributed by atoms with Gasteiger partial charge in [0.2, 0.25) is 0 Å². The van der Waals surface area contributed by atoms with Crippen molar-refractivity contribution in [1.82, 2.24) is 0 Å². The third-order valence-corrected chi connectivity index (χ3v) is 6.34. The molecule has 0 rings (SSSR count). The highest BCUT2D eigenvalue weighted by atomic mass is 14.1. The van der Waals surface area contributed by atoms with Gasteiger partial charge >= 0.3 is 0 Å². The predicted octanol–water partition coefficient (Wildman–Crippen LogP) is 10.4. The Labute approximate surface area is 174 Å². The molecule has 0 radical (unpaired) electrons. The molecule has 0 nitrogen and oxygen atoms in total. The van der Waals surface area contributed by atoms with Gasteiger partial charge in [-0.2, -0.15) is 0 Å². The Morgan fingerprint density at radius 1 is 0.519 bits per heavy atom. The van der Waals surface area contributed by atoms with Crippen LogP contribution in [0.4, 0.5) is 0 Å². The lowest BCUT2D eigenvalue weighted by Crippen LogP contribution is -2.02. The standard InChI is InChI=1S/C27H54/c1-5-8-10-12-14-16-18-20-22-27(25-24-26(4)7-3)23-21-19-17-15-13-11-9-6-2/h27H,4-25H2,1-3H3. The lowest BCUT2D eigenvalue weighted by atomic mass is 9.89. The zero-order chi connectivity index (χ0) is 20.0. The third kappa shape index (κ3) is 20.3.